The predicted molar refractivity (Wildman–Crippen MR) is 129 cm³/mol. The van der Waals surface area contributed by atoms with Gasteiger partial charge in [-0.2, -0.15) is 0 Å². The lowest BCUT2D eigenvalue weighted by molar-refractivity contribution is 0.0655. The van der Waals surface area contributed by atoms with Gasteiger partial charge in [-0.1, -0.05) is 32.0 Å². The van der Waals surface area contributed by atoms with Gasteiger partial charge >= 0.3 is 0 Å². The van der Waals surface area contributed by atoms with Crippen LogP contribution in [-0.4, -0.2) is 37.8 Å². The highest BCUT2D eigenvalue weighted by Crippen LogP contribution is 2.26. The number of nitrogens with zero attached hydrogens (tertiary/aromatic N) is 1. The van der Waals surface area contributed by atoms with E-state index >= 15 is 0 Å². The quantitative estimate of drug-likeness (QED) is 0.280. The number of rotatable bonds is 8. The van der Waals surface area contributed by atoms with Gasteiger partial charge in [0.1, 0.15) is 11.4 Å². The first-order valence-corrected chi connectivity index (χ1v) is 10.1. The normalized spacial score (nSPS) is 14.0. The van der Waals surface area contributed by atoms with Crippen LogP contribution in [0.5, 0.6) is 5.75 Å². The smallest absolute Gasteiger partial charge is 0.191 e. The summed E-state index contributed by atoms with van der Waals surface area (Å²) >= 11 is 1.55. The van der Waals surface area contributed by atoms with Crippen LogP contribution < -0.4 is 15.4 Å². The van der Waals surface area contributed by atoms with Gasteiger partial charge in [-0.3, -0.25) is 4.99 Å². The van der Waals surface area contributed by atoms with Gasteiger partial charge in [0.2, 0.25) is 0 Å². The molecule has 2 aromatic rings. The Hall–Kier alpha value is -1.32. The molecule has 0 fully saturated rings. The molecule has 0 bridgehead atoms. The molecule has 0 aliphatic carbocycles. The SMILES string of the molecule is CCNC(=NCC(C)(C)c1ccc(OC)cc1)NCC(C)(O)c1cccs1.I. The topological polar surface area (TPSA) is 65.9 Å². The van der Waals surface area contributed by atoms with Crippen molar-refractivity contribution in [3.8, 4) is 5.75 Å². The third kappa shape index (κ3) is 6.93. The number of methoxy groups -OCH3 is 1. The molecule has 156 valence electrons. The minimum atomic E-state index is -0.935. The molecule has 7 heteroatoms. The molecule has 1 atom stereocenters. The van der Waals surface area contributed by atoms with E-state index in [1.54, 1.807) is 18.4 Å². The minimum absolute atomic E-state index is 0. The van der Waals surface area contributed by atoms with Crippen molar-refractivity contribution >= 4 is 41.3 Å². The molecule has 0 spiro atoms. The first-order valence-electron chi connectivity index (χ1n) is 9.21. The van der Waals surface area contributed by atoms with E-state index in [-0.39, 0.29) is 29.4 Å². The number of guanidine groups is 1. The van der Waals surface area contributed by atoms with Gasteiger partial charge < -0.3 is 20.5 Å². The molecule has 1 heterocycles. The summed E-state index contributed by atoms with van der Waals surface area (Å²) in [5, 5.41) is 19.2. The number of benzene rings is 1. The summed E-state index contributed by atoms with van der Waals surface area (Å²) in [5.41, 5.74) is 0.147. The van der Waals surface area contributed by atoms with Crippen molar-refractivity contribution in [3.63, 3.8) is 0 Å². The number of thiophene rings is 1. The number of nitrogens with one attached hydrogen (secondary N) is 2. The van der Waals surface area contributed by atoms with Crippen LogP contribution in [0, 0.1) is 0 Å². The molecule has 0 aliphatic rings. The Kier molecular flexibility index (Phi) is 9.73. The Bertz CT molecular complexity index is 729. The molecule has 2 rings (SSSR count). The lowest BCUT2D eigenvalue weighted by atomic mass is 9.85. The maximum absolute atomic E-state index is 10.7. The standard InChI is InChI=1S/C21H31N3O2S.HI/c1-6-22-19(24-15-21(4,25)18-8-7-13-27-18)23-14-20(2,3)16-9-11-17(26-5)12-10-16;/h7-13,25H,6,14-15H2,1-5H3,(H2,22,23,24);1H. The summed E-state index contributed by atoms with van der Waals surface area (Å²) in [6.07, 6.45) is 0. The van der Waals surface area contributed by atoms with Crippen molar-refractivity contribution in [2.75, 3.05) is 26.7 Å². The van der Waals surface area contributed by atoms with Crippen LogP contribution in [-0.2, 0) is 11.0 Å². The first kappa shape index (κ1) is 24.7. The first-order chi connectivity index (χ1) is 12.8. The fourth-order valence-electron chi connectivity index (χ4n) is 2.68. The maximum atomic E-state index is 10.7. The number of hydrogen-bond acceptors (Lipinski definition) is 4. The Labute approximate surface area is 189 Å². The van der Waals surface area contributed by atoms with E-state index in [0.717, 1.165) is 17.2 Å². The van der Waals surface area contributed by atoms with Crippen molar-refractivity contribution < 1.29 is 9.84 Å². The molecular formula is C21H32IN3O2S. The van der Waals surface area contributed by atoms with Crippen LogP contribution >= 0.6 is 35.3 Å². The summed E-state index contributed by atoms with van der Waals surface area (Å²) in [7, 11) is 1.67. The summed E-state index contributed by atoms with van der Waals surface area (Å²) in [5.74, 6) is 1.56. The largest absolute Gasteiger partial charge is 0.497 e. The zero-order valence-electron chi connectivity index (χ0n) is 17.3. The average molecular weight is 517 g/mol. The molecule has 1 unspecified atom stereocenters. The second-order valence-corrected chi connectivity index (χ2v) is 8.36. The van der Waals surface area contributed by atoms with E-state index in [1.165, 1.54) is 5.56 Å². The van der Waals surface area contributed by atoms with Crippen molar-refractivity contribution in [1.82, 2.24) is 10.6 Å². The zero-order chi connectivity index (χ0) is 19.9. The highest BCUT2D eigenvalue weighted by molar-refractivity contribution is 14.0. The third-order valence-corrected chi connectivity index (χ3v) is 5.62. The van der Waals surface area contributed by atoms with E-state index < -0.39 is 5.60 Å². The van der Waals surface area contributed by atoms with Gasteiger partial charge in [0.15, 0.2) is 5.96 Å². The predicted octanol–water partition coefficient (Wildman–Crippen LogP) is 4.12. The monoisotopic (exact) mass is 517 g/mol. The third-order valence-electron chi connectivity index (χ3n) is 4.50. The van der Waals surface area contributed by atoms with Crippen LogP contribution in [0.15, 0.2) is 46.8 Å². The average Bonchev–Trinajstić information content (AvgIpc) is 3.20. The molecule has 28 heavy (non-hydrogen) atoms. The molecule has 1 aromatic heterocycles. The molecule has 1 aromatic carbocycles. The highest BCUT2D eigenvalue weighted by atomic mass is 127. The molecule has 0 radical (unpaired) electrons. The number of hydrogen-bond donors (Lipinski definition) is 3. The molecule has 5 nitrogen and oxygen atoms in total. The maximum Gasteiger partial charge on any atom is 0.191 e. The summed E-state index contributed by atoms with van der Waals surface area (Å²) in [4.78, 5) is 5.68. The Morgan fingerprint density at radius 1 is 1.14 bits per heavy atom. The van der Waals surface area contributed by atoms with Gasteiger partial charge in [-0.25, -0.2) is 0 Å². The summed E-state index contributed by atoms with van der Waals surface area (Å²) in [6.45, 7) is 9.96. The second kappa shape index (κ2) is 11.0. The van der Waals surface area contributed by atoms with Gasteiger partial charge in [0, 0.05) is 16.8 Å². The highest BCUT2D eigenvalue weighted by Gasteiger charge is 2.25. The molecule has 0 saturated heterocycles. The molecule has 0 amide bonds. The molecule has 0 aliphatic heterocycles. The van der Waals surface area contributed by atoms with Crippen LogP contribution in [0.25, 0.3) is 0 Å². The lowest BCUT2D eigenvalue weighted by Gasteiger charge is -2.26. The summed E-state index contributed by atoms with van der Waals surface area (Å²) in [6, 6.07) is 12.0. The van der Waals surface area contributed by atoms with E-state index in [4.69, 9.17) is 9.73 Å². The van der Waals surface area contributed by atoms with Crippen LogP contribution in [0.4, 0.5) is 0 Å². The fraction of sp³-hybridized carbons (Fsp3) is 0.476. The van der Waals surface area contributed by atoms with E-state index in [0.29, 0.717) is 19.0 Å². The van der Waals surface area contributed by atoms with Gasteiger partial charge in [0.05, 0.1) is 20.2 Å². The summed E-state index contributed by atoms with van der Waals surface area (Å²) < 4.78 is 5.24. The van der Waals surface area contributed by atoms with Crippen LogP contribution in [0.1, 0.15) is 38.1 Å². The number of aliphatic imine (C=N–C) groups is 1. The molecule has 3 N–H and O–H groups in total. The number of ether oxygens (including phenoxy) is 1. The Morgan fingerprint density at radius 2 is 1.82 bits per heavy atom. The van der Waals surface area contributed by atoms with Crippen LogP contribution in [0.2, 0.25) is 0 Å². The molecular weight excluding hydrogens is 485 g/mol. The van der Waals surface area contributed by atoms with Crippen molar-refractivity contribution in [2.24, 2.45) is 4.99 Å². The van der Waals surface area contributed by atoms with Gasteiger partial charge in [-0.15, -0.1) is 35.3 Å². The number of aliphatic hydroxyl groups is 1. The van der Waals surface area contributed by atoms with E-state index in [2.05, 4.69) is 36.6 Å². The second-order valence-electron chi connectivity index (χ2n) is 7.41. The van der Waals surface area contributed by atoms with E-state index in [1.807, 2.05) is 43.5 Å². The number of halogens is 1. The molecule has 0 saturated carbocycles. The van der Waals surface area contributed by atoms with Crippen molar-refractivity contribution in [1.29, 1.82) is 0 Å². The van der Waals surface area contributed by atoms with E-state index in [9.17, 15) is 5.11 Å². The van der Waals surface area contributed by atoms with Gasteiger partial charge in [-0.05, 0) is 43.0 Å². The van der Waals surface area contributed by atoms with Crippen molar-refractivity contribution in [2.45, 2.75) is 38.7 Å². The van der Waals surface area contributed by atoms with Gasteiger partial charge in [0.25, 0.3) is 0 Å². The fourth-order valence-corrected chi connectivity index (χ4v) is 3.47. The van der Waals surface area contributed by atoms with Crippen LogP contribution in [0.3, 0.4) is 0 Å². The lowest BCUT2D eigenvalue weighted by Crippen LogP contribution is -2.44. The van der Waals surface area contributed by atoms with Crippen molar-refractivity contribution in [3.05, 3.63) is 52.2 Å². The Balaban J connectivity index is 0.00000392. The minimum Gasteiger partial charge on any atom is -0.497 e. The Morgan fingerprint density at radius 3 is 2.36 bits per heavy atom. The zero-order valence-corrected chi connectivity index (χ0v) is 20.4.